The van der Waals surface area contributed by atoms with Crippen LogP contribution in [0.4, 0.5) is 0 Å². The molecule has 22 nitrogen and oxygen atoms in total. The summed E-state index contributed by atoms with van der Waals surface area (Å²) in [4.78, 5) is 175. The Bertz CT molecular complexity index is 2520. The van der Waals surface area contributed by atoms with Crippen molar-refractivity contribution in [1.82, 2.24) is 44.5 Å². The molecule has 0 aromatic rings. The normalized spacial score (nSPS) is 28.6. The monoisotopic (exact) mass is 1300 g/mol. The lowest BCUT2D eigenvalue weighted by atomic mass is 9.84. The number of hydrogen-bond donors (Lipinski definition) is 2. The molecule has 8 amide bonds. The van der Waals surface area contributed by atoms with Gasteiger partial charge < -0.3 is 49.5 Å². The van der Waals surface area contributed by atoms with Crippen LogP contribution in [-0.4, -0.2) is 245 Å². The molecule has 13 atom stereocenters. The number of carbonyl (C=O) groups is 11. The van der Waals surface area contributed by atoms with Crippen LogP contribution in [0, 0.1) is 59.2 Å². The topological polar surface area (TPSA) is 255 Å². The second kappa shape index (κ2) is 36.5. The van der Waals surface area contributed by atoms with Gasteiger partial charge in [0.15, 0.2) is 17.3 Å². The highest BCUT2D eigenvalue weighted by molar-refractivity contribution is 6.00. The SMILES string of the molecule is CC[C@H]1CC(=O)[C@@H]([C@H](O)[C@H](C)CCN2CCOCC2(C)C)N(C)C(=O)[C@@H](C(C)C)N(C)C(=O)[C@@H](CC(C)C)N(C)C(=O)[C@@H](CC(C)C)N(C)C(=O)[C@H](C)NC(=O)[C@@H](C)CC(=O)C(CC(C)C)N(C)C(=O)[C@@H](C(C)C)CC(=O)[C@H](CC(C)C)N(C)C(=O)[C@@H](C)N(C)C1=O. The third kappa shape index (κ3) is 22.1. The van der Waals surface area contributed by atoms with E-state index in [1.54, 1.807) is 34.6 Å². The van der Waals surface area contributed by atoms with E-state index in [4.69, 9.17) is 4.74 Å². The van der Waals surface area contributed by atoms with E-state index in [-0.39, 0.29) is 79.9 Å². The Balaban J connectivity index is 3.02. The molecule has 2 rings (SSSR count). The number of aliphatic hydroxyl groups is 1. The largest absolute Gasteiger partial charge is 0.390 e. The number of ketones is 3. The molecule has 92 heavy (non-hydrogen) atoms. The van der Waals surface area contributed by atoms with Crippen LogP contribution in [0.5, 0.6) is 0 Å². The van der Waals surface area contributed by atoms with E-state index in [9.17, 15) is 38.7 Å². The Kier molecular flexibility index (Phi) is 32.8. The first kappa shape index (κ1) is 82.7. The van der Waals surface area contributed by atoms with Crippen LogP contribution in [0.15, 0.2) is 0 Å². The van der Waals surface area contributed by atoms with Crippen LogP contribution in [0.3, 0.4) is 0 Å². The fourth-order valence-electron chi connectivity index (χ4n) is 13.1. The van der Waals surface area contributed by atoms with Gasteiger partial charge in [0.2, 0.25) is 47.3 Å². The maximum Gasteiger partial charge on any atom is 0.246 e. The van der Waals surface area contributed by atoms with E-state index in [0.717, 1.165) is 0 Å². The first-order valence-electron chi connectivity index (χ1n) is 34.2. The minimum atomic E-state index is -1.52. The zero-order valence-electron chi connectivity index (χ0n) is 61.6. The highest BCUT2D eigenvalue weighted by Crippen LogP contribution is 2.31. The fraction of sp³-hybridized carbons (Fsp3) is 0.843. The zero-order valence-corrected chi connectivity index (χ0v) is 61.6. The Morgan fingerprint density at radius 2 is 0.935 bits per heavy atom. The number of ether oxygens (including phenoxy) is 1. The van der Waals surface area contributed by atoms with Crippen molar-refractivity contribution in [2.45, 2.75) is 249 Å². The smallest absolute Gasteiger partial charge is 0.246 e. The molecule has 0 spiro atoms. The van der Waals surface area contributed by atoms with Gasteiger partial charge in [0.05, 0.1) is 31.4 Å². The third-order valence-corrected chi connectivity index (χ3v) is 19.5. The molecule has 0 radical (unpaired) electrons. The van der Waals surface area contributed by atoms with Crippen molar-refractivity contribution in [3.8, 4) is 0 Å². The summed E-state index contributed by atoms with van der Waals surface area (Å²) in [6.07, 6.45) is -1.07. The van der Waals surface area contributed by atoms with E-state index < -0.39 is 155 Å². The Morgan fingerprint density at radius 1 is 0.500 bits per heavy atom. The average molecular weight is 1300 g/mol. The minimum Gasteiger partial charge on any atom is -0.390 e. The van der Waals surface area contributed by atoms with Crippen LogP contribution < -0.4 is 5.32 Å². The number of likely N-dealkylation sites (N-methyl/N-ethyl adjacent to an activating group) is 7. The number of Topliss-reactive ketones (excluding diaryl/α,β-unsaturated/α-hetero) is 3. The van der Waals surface area contributed by atoms with Gasteiger partial charge in [0, 0.05) is 98.4 Å². The molecule has 2 aliphatic rings. The van der Waals surface area contributed by atoms with Crippen LogP contribution in [0.1, 0.15) is 189 Å². The van der Waals surface area contributed by atoms with Gasteiger partial charge in [-0.2, -0.15) is 0 Å². The molecule has 2 fully saturated rings. The Labute approximate surface area is 553 Å². The Morgan fingerprint density at radius 3 is 1.39 bits per heavy atom. The number of rotatable bonds is 16. The molecule has 1 unspecified atom stereocenters. The molecule has 0 bridgehead atoms. The van der Waals surface area contributed by atoms with E-state index >= 15 is 19.2 Å². The van der Waals surface area contributed by atoms with E-state index in [1.165, 1.54) is 90.6 Å². The lowest BCUT2D eigenvalue weighted by Gasteiger charge is -2.43. The van der Waals surface area contributed by atoms with E-state index in [1.807, 2.05) is 76.2 Å². The minimum absolute atomic E-state index is 0.0714. The van der Waals surface area contributed by atoms with Gasteiger partial charge in [-0.15, -0.1) is 0 Å². The van der Waals surface area contributed by atoms with Crippen LogP contribution in [-0.2, 0) is 57.5 Å². The van der Waals surface area contributed by atoms with Crippen molar-refractivity contribution >= 4 is 64.6 Å². The second-order valence-corrected chi connectivity index (χ2v) is 30.2. The van der Waals surface area contributed by atoms with Crippen molar-refractivity contribution in [3.63, 3.8) is 0 Å². The molecular formula is C70H125N9O13. The van der Waals surface area contributed by atoms with Crippen molar-refractivity contribution in [3.05, 3.63) is 0 Å². The molecule has 2 aliphatic heterocycles. The summed E-state index contributed by atoms with van der Waals surface area (Å²) in [7, 11) is 10.3. The predicted molar refractivity (Wildman–Crippen MR) is 358 cm³/mol. The lowest BCUT2D eigenvalue weighted by Crippen LogP contribution is -2.62. The van der Waals surface area contributed by atoms with E-state index in [0.29, 0.717) is 32.7 Å². The first-order valence-corrected chi connectivity index (χ1v) is 34.2. The number of amides is 8. The molecule has 0 aromatic carbocycles. The number of aliphatic hydroxyl groups excluding tert-OH is 1. The summed E-state index contributed by atoms with van der Waals surface area (Å²) in [5.41, 5.74) is -0.309. The molecular weight excluding hydrogens is 1170 g/mol. The summed E-state index contributed by atoms with van der Waals surface area (Å²) < 4.78 is 5.77. The summed E-state index contributed by atoms with van der Waals surface area (Å²) >= 11 is 0. The standard InChI is InChI=1S/C70H125N9O13/c1-27-50-37-58(82)60(61(83)46(14)28-29-79-30-31-92-39-70(79,18)19)78(26)69(91)59(45(12)13)77(25)68(90)55(35-43(8)9)76(24)67(89)54(34-42(6)7)75(23)63(85)48(16)71-62(84)47(15)36-56(80)52(32-40(2)3)74(22)66(88)51(44(10)11)38-57(81)53(33-41(4)5)73(21)64(86)49(17)72(20)65(50)87/h40-55,59-61,83H,27-39H2,1-26H3,(H,71,84)/t46-,47+,48+,49-,50+,51-,52?,53+,54-,55-,59-,60+,61-/m1/s1. The van der Waals surface area contributed by atoms with Crippen molar-refractivity contribution in [2.24, 2.45) is 59.2 Å². The van der Waals surface area contributed by atoms with Crippen LogP contribution >= 0.6 is 0 Å². The van der Waals surface area contributed by atoms with Gasteiger partial charge in [0.25, 0.3) is 0 Å². The highest BCUT2D eigenvalue weighted by Gasteiger charge is 2.46. The number of morpholine rings is 1. The second-order valence-electron chi connectivity index (χ2n) is 30.2. The van der Waals surface area contributed by atoms with Crippen molar-refractivity contribution in [2.75, 3.05) is 75.6 Å². The summed E-state index contributed by atoms with van der Waals surface area (Å²) in [5.74, 6) is -10.9. The highest BCUT2D eigenvalue weighted by atomic mass is 16.5. The summed E-state index contributed by atoms with van der Waals surface area (Å²) in [5, 5.41) is 15.4. The van der Waals surface area contributed by atoms with E-state index in [2.05, 4.69) is 24.1 Å². The number of hydrogen-bond acceptors (Lipinski definition) is 14. The molecule has 22 heteroatoms. The molecule has 528 valence electrons. The van der Waals surface area contributed by atoms with Gasteiger partial charge in [-0.1, -0.05) is 104 Å². The molecule has 0 aromatic heterocycles. The quantitative estimate of drug-likeness (QED) is 0.168. The van der Waals surface area contributed by atoms with Gasteiger partial charge >= 0.3 is 0 Å². The van der Waals surface area contributed by atoms with Gasteiger partial charge in [-0.25, -0.2) is 0 Å². The maximum atomic E-state index is 15.5. The zero-order chi connectivity index (χ0) is 71.0. The molecule has 2 saturated heterocycles. The number of nitrogens with one attached hydrogen (secondary N) is 1. The molecule has 0 aliphatic carbocycles. The molecule has 2 heterocycles. The van der Waals surface area contributed by atoms with Crippen molar-refractivity contribution < 1.29 is 62.6 Å². The lowest BCUT2D eigenvalue weighted by molar-refractivity contribution is -0.157. The molecule has 0 saturated carbocycles. The summed E-state index contributed by atoms with van der Waals surface area (Å²) in [6, 6.07) is -9.34. The summed E-state index contributed by atoms with van der Waals surface area (Å²) in [6.45, 7) is 36.9. The maximum absolute atomic E-state index is 15.5. The van der Waals surface area contributed by atoms with Gasteiger partial charge in [0.1, 0.15) is 36.3 Å². The van der Waals surface area contributed by atoms with Gasteiger partial charge in [-0.05, 0) is 114 Å². The fourth-order valence-corrected chi connectivity index (χ4v) is 13.1. The van der Waals surface area contributed by atoms with Crippen LogP contribution in [0.2, 0.25) is 0 Å². The molecule has 2 N–H and O–H groups in total. The Hall–Kier alpha value is -5.35. The first-order chi connectivity index (χ1) is 42.4. The van der Waals surface area contributed by atoms with Crippen molar-refractivity contribution in [1.29, 1.82) is 0 Å². The third-order valence-electron chi connectivity index (χ3n) is 19.5. The average Bonchev–Trinajstić information content (AvgIpc) is 0.928. The number of nitrogens with zero attached hydrogens (tertiary/aromatic N) is 8. The van der Waals surface area contributed by atoms with Crippen LogP contribution in [0.25, 0.3) is 0 Å². The van der Waals surface area contributed by atoms with Gasteiger partial charge in [-0.3, -0.25) is 57.6 Å². The number of carbonyl (C=O) groups excluding carboxylic acids is 11. The predicted octanol–water partition coefficient (Wildman–Crippen LogP) is 6.46.